The van der Waals surface area contributed by atoms with Crippen LogP contribution in [0.4, 0.5) is 0 Å². The van der Waals surface area contributed by atoms with Crippen molar-refractivity contribution in [2.75, 3.05) is 6.54 Å². The van der Waals surface area contributed by atoms with Gasteiger partial charge in [0.1, 0.15) is 0 Å². The van der Waals surface area contributed by atoms with Gasteiger partial charge < -0.3 is 15.5 Å². The van der Waals surface area contributed by atoms with Gasteiger partial charge in [-0.05, 0) is 45.0 Å². The van der Waals surface area contributed by atoms with Crippen LogP contribution in [0.5, 0.6) is 0 Å². The third-order valence-electron chi connectivity index (χ3n) is 3.23. The third-order valence-corrected chi connectivity index (χ3v) is 4.61. The molecule has 0 radical (unpaired) electrons. The number of carbonyl (C=O) groups excluding carboxylic acids is 1. The molecule has 2 rings (SSSR count). The van der Waals surface area contributed by atoms with E-state index in [9.17, 15) is 4.79 Å². The van der Waals surface area contributed by atoms with Crippen LogP contribution in [0.1, 0.15) is 26.7 Å². The average molecular weight is 441 g/mol. The van der Waals surface area contributed by atoms with Gasteiger partial charge in [0.15, 0.2) is 5.76 Å². The molecule has 0 aliphatic carbocycles. The number of rotatable bonds is 7. The summed E-state index contributed by atoms with van der Waals surface area (Å²) in [7, 11) is 0. The molecule has 2 aromatic rings. The van der Waals surface area contributed by atoms with Crippen LogP contribution in [0.15, 0.2) is 34.9 Å². The first-order valence-electron chi connectivity index (χ1n) is 7.63. The van der Waals surface area contributed by atoms with Crippen molar-refractivity contribution < 1.29 is 9.21 Å². The van der Waals surface area contributed by atoms with Gasteiger partial charge in [-0.15, -0.1) is 36.6 Å². The van der Waals surface area contributed by atoms with Gasteiger partial charge in [-0.25, -0.2) is 4.98 Å². The zero-order valence-electron chi connectivity index (χ0n) is 14.8. The highest BCUT2D eigenvalue weighted by Crippen LogP contribution is 2.25. The summed E-state index contributed by atoms with van der Waals surface area (Å²) in [5.74, 6) is 1.75. The molecule has 1 atom stereocenters. The maximum atomic E-state index is 12.0. The summed E-state index contributed by atoms with van der Waals surface area (Å²) in [6, 6.07) is 7.37. The van der Waals surface area contributed by atoms with Crippen LogP contribution in [-0.2, 0) is 10.5 Å². The van der Waals surface area contributed by atoms with Crippen LogP contribution in [0.2, 0.25) is 5.02 Å². The highest BCUT2D eigenvalue weighted by Gasteiger charge is 2.18. The Labute approximate surface area is 175 Å². The third kappa shape index (κ3) is 8.18. The van der Waals surface area contributed by atoms with E-state index >= 15 is 0 Å². The predicted octanol–water partition coefficient (Wildman–Crippen LogP) is 4.31. The molecule has 1 unspecified atom stereocenters. The van der Waals surface area contributed by atoms with Crippen LogP contribution in [0, 0.1) is 0 Å². The largest absolute Gasteiger partial charge is 0.440 e. The average Bonchev–Trinajstić information content (AvgIpc) is 2.99. The number of thioether (sulfide) groups is 1. The number of nitrogens with two attached hydrogens (primary N) is 1. The smallest absolute Gasteiger partial charge is 0.232 e. The zero-order chi connectivity index (χ0) is 17.7. The van der Waals surface area contributed by atoms with E-state index in [1.807, 2.05) is 32.9 Å². The molecule has 9 heteroatoms. The normalized spacial score (nSPS) is 11.9. The molecule has 26 heavy (non-hydrogen) atoms. The number of aromatic nitrogens is 1. The summed E-state index contributed by atoms with van der Waals surface area (Å²) < 4.78 is 5.73. The topological polar surface area (TPSA) is 81.2 Å². The molecule has 0 spiro atoms. The number of carbonyl (C=O) groups is 1. The first-order valence-corrected chi connectivity index (χ1v) is 9.06. The molecule has 3 N–H and O–H groups in total. The lowest BCUT2D eigenvalue weighted by molar-refractivity contribution is -0.120. The lowest BCUT2D eigenvalue weighted by Gasteiger charge is -2.20. The number of nitrogens with one attached hydrogen (secondary N) is 1. The van der Waals surface area contributed by atoms with Crippen molar-refractivity contribution in [3.05, 3.63) is 41.4 Å². The Balaban J connectivity index is 0.00000312. The van der Waals surface area contributed by atoms with Crippen molar-refractivity contribution in [3.63, 3.8) is 0 Å². The number of nitrogens with zero attached hydrogens (tertiary/aromatic N) is 1. The SMILES string of the molecule is CC(SCc1ncc(-c2ccc(Cl)cc2)o1)C(=O)NCC(C)(C)N.Cl.Cl. The minimum atomic E-state index is -0.421. The van der Waals surface area contributed by atoms with E-state index in [2.05, 4.69) is 10.3 Å². The molecule has 0 bridgehead atoms. The molecule has 1 aromatic carbocycles. The van der Waals surface area contributed by atoms with E-state index < -0.39 is 5.54 Å². The first-order chi connectivity index (χ1) is 11.2. The zero-order valence-corrected chi connectivity index (χ0v) is 18.0. The second-order valence-electron chi connectivity index (χ2n) is 6.28. The van der Waals surface area contributed by atoms with Crippen molar-refractivity contribution >= 4 is 54.1 Å². The number of hydrogen-bond acceptors (Lipinski definition) is 5. The molecule has 1 amide bonds. The summed E-state index contributed by atoms with van der Waals surface area (Å²) >= 11 is 7.35. The number of halogens is 3. The quantitative estimate of drug-likeness (QED) is 0.670. The Morgan fingerprint density at radius 1 is 1.35 bits per heavy atom. The Morgan fingerprint density at radius 3 is 2.54 bits per heavy atom. The molecule has 0 aliphatic heterocycles. The molecule has 146 valence electrons. The predicted molar refractivity (Wildman–Crippen MR) is 113 cm³/mol. The second kappa shape index (κ2) is 11.0. The maximum absolute atomic E-state index is 12.0. The van der Waals surface area contributed by atoms with Gasteiger partial charge in [0.25, 0.3) is 0 Å². The number of amides is 1. The lowest BCUT2D eigenvalue weighted by atomic mass is 10.1. The van der Waals surface area contributed by atoms with Gasteiger partial charge in [-0.2, -0.15) is 0 Å². The van der Waals surface area contributed by atoms with Gasteiger partial charge >= 0.3 is 0 Å². The molecule has 0 saturated heterocycles. The highest BCUT2D eigenvalue weighted by molar-refractivity contribution is 7.99. The van der Waals surface area contributed by atoms with Gasteiger partial charge in [0, 0.05) is 22.7 Å². The molecular weight excluding hydrogens is 417 g/mol. The van der Waals surface area contributed by atoms with Crippen molar-refractivity contribution in [1.82, 2.24) is 10.3 Å². The van der Waals surface area contributed by atoms with Crippen LogP contribution < -0.4 is 11.1 Å². The molecule has 1 heterocycles. The Hall–Kier alpha value is -0.920. The van der Waals surface area contributed by atoms with Crippen molar-refractivity contribution in [2.24, 2.45) is 5.73 Å². The number of hydrogen-bond donors (Lipinski definition) is 2. The van der Waals surface area contributed by atoms with Gasteiger partial charge in [0.2, 0.25) is 11.8 Å². The fourth-order valence-corrected chi connectivity index (χ4v) is 2.74. The molecule has 1 aromatic heterocycles. The second-order valence-corrected chi connectivity index (χ2v) is 8.05. The summed E-state index contributed by atoms with van der Waals surface area (Å²) in [5.41, 5.74) is 6.36. The fraction of sp³-hybridized carbons (Fsp3) is 0.412. The lowest BCUT2D eigenvalue weighted by Crippen LogP contribution is -2.46. The summed E-state index contributed by atoms with van der Waals surface area (Å²) in [6.45, 7) is 6.04. The van der Waals surface area contributed by atoms with Crippen molar-refractivity contribution in [1.29, 1.82) is 0 Å². The molecule has 0 aliphatic rings. The highest BCUT2D eigenvalue weighted by atomic mass is 35.5. The van der Waals surface area contributed by atoms with E-state index in [1.165, 1.54) is 11.8 Å². The summed E-state index contributed by atoms with van der Waals surface area (Å²) in [5, 5.41) is 3.31. The molecule has 0 fully saturated rings. The Kier molecular flexibility index (Phi) is 10.7. The van der Waals surface area contributed by atoms with Crippen LogP contribution >= 0.6 is 48.2 Å². The van der Waals surface area contributed by atoms with E-state index in [0.29, 0.717) is 29.0 Å². The molecule has 5 nitrogen and oxygen atoms in total. The standard InChI is InChI=1S/C17H22ClN3O2S.2ClH/c1-11(16(22)21-10-17(2,3)19)24-9-15-20-8-14(23-15)12-4-6-13(18)7-5-12;;/h4-8,11H,9-10,19H2,1-3H3,(H,21,22);2*1H. The first kappa shape index (κ1) is 25.1. The summed E-state index contributed by atoms with van der Waals surface area (Å²) in [6.07, 6.45) is 1.68. The van der Waals surface area contributed by atoms with E-state index in [1.54, 1.807) is 18.3 Å². The number of oxazole rings is 1. The monoisotopic (exact) mass is 439 g/mol. The number of benzene rings is 1. The van der Waals surface area contributed by atoms with Crippen LogP contribution in [0.25, 0.3) is 11.3 Å². The fourth-order valence-electron chi connectivity index (χ4n) is 1.86. The van der Waals surface area contributed by atoms with E-state index in [4.69, 9.17) is 21.8 Å². The van der Waals surface area contributed by atoms with Gasteiger partial charge in [-0.1, -0.05) is 11.6 Å². The summed E-state index contributed by atoms with van der Waals surface area (Å²) in [4.78, 5) is 16.3. The van der Waals surface area contributed by atoms with E-state index in [-0.39, 0.29) is 36.0 Å². The van der Waals surface area contributed by atoms with Crippen molar-refractivity contribution in [3.8, 4) is 11.3 Å². The van der Waals surface area contributed by atoms with E-state index in [0.717, 1.165) is 5.56 Å². The Bertz CT molecular complexity index is 687. The van der Waals surface area contributed by atoms with Gasteiger partial charge in [-0.3, -0.25) is 4.79 Å². The van der Waals surface area contributed by atoms with Crippen LogP contribution in [-0.4, -0.2) is 28.2 Å². The van der Waals surface area contributed by atoms with Crippen LogP contribution in [0.3, 0.4) is 0 Å². The Morgan fingerprint density at radius 2 is 1.96 bits per heavy atom. The molecular formula is C17H24Cl3N3O2S. The van der Waals surface area contributed by atoms with Crippen molar-refractivity contribution in [2.45, 2.75) is 37.3 Å². The minimum Gasteiger partial charge on any atom is -0.440 e. The maximum Gasteiger partial charge on any atom is 0.232 e. The van der Waals surface area contributed by atoms with Gasteiger partial charge in [0.05, 0.1) is 17.2 Å². The molecule has 0 saturated carbocycles. The minimum absolute atomic E-state index is 0.